The van der Waals surface area contributed by atoms with Gasteiger partial charge in [-0.1, -0.05) is 6.07 Å². The van der Waals surface area contributed by atoms with Crippen LogP contribution in [0.1, 0.15) is 16.1 Å². The zero-order valence-electron chi connectivity index (χ0n) is 10.4. The fourth-order valence-electron chi connectivity index (χ4n) is 1.53. The summed E-state index contributed by atoms with van der Waals surface area (Å²) in [6, 6.07) is 3.82. The van der Waals surface area contributed by atoms with E-state index in [2.05, 4.69) is 9.97 Å². The first-order chi connectivity index (χ1) is 9.40. The van der Waals surface area contributed by atoms with Gasteiger partial charge >= 0.3 is 0 Å². The number of benzene rings is 1. The number of carbonyl (C=O) groups excluding carboxylic acids is 1. The average Bonchev–Trinajstić information content (AvgIpc) is 2.35. The average molecular weight is 297 g/mol. The second-order valence-corrected chi connectivity index (χ2v) is 4.21. The number of amides is 1. The number of nitrogens with zero attached hydrogens (tertiary/aromatic N) is 2. The fraction of sp³-hybridized carbons (Fsp3) is 0.0833. The lowest BCUT2D eigenvalue weighted by Gasteiger charge is -2.11. The number of hydrogen-bond donors (Lipinski definition) is 2. The summed E-state index contributed by atoms with van der Waals surface area (Å²) in [4.78, 5) is 18.9. The number of aryl methyl sites for hydroxylation is 1. The van der Waals surface area contributed by atoms with E-state index in [1.54, 1.807) is 6.92 Å². The molecule has 0 aliphatic carbocycles. The number of rotatable bonds is 3. The second-order valence-electron chi connectivity index (χ2n) is 3.88. The molecule has 1 aromatic carbocycles. The van der Waals surface area contributed by atoms with Crippen LogP contribution in [0.4, 0.5) is 10.1 Å². The minimum absolute atomic E-state index is 0.0735. The van der Waals surface area contributed by atoms with Crippen LogP contribution in [0.3, 0.4) is 0 Å². The zero-order chi connectivity index (χ0) is 14.9. The van der Waals surface area contributed by atoms with E-state index in [1.165, 1.54) is 12.1 Å². The van der Waals surface area contributed by atoms with Crippen molar-refractivity contribution in [3.63, 3.8) is 0 Å². The van der Waals surface area contributed by atoms with Crippen LogP contribution in [-0.4, -0.2) is 15.9 Å². The Morgan fingerprint density at radius 3 is 2.75 bits per heavy atom. The molecule has 0 aliphatic rings. The number of nitrogen functional groups attached to an aromatic ring is 1. The van der Waals surface area contributed by atoms with Crippen molar-refractivity contribution in [2.45, 2.75) is 6.92 Å². The Morgan fingerprint density at radius 2 is 2.10 bits per heavy atom. The van der Waals surface area contributed by atoms with Crippen LogP contribution in [0.15, 0.2) is 18.2 Å². The monoisotopic (exact) mass is 296 g/mol. The van der Waals surface area contributed by atoms with Crippen LogP contribution in [0, 0.1) is 12.7 Å². The Morgan fingerprint density at radius 1 is 1.40 bits per heavy atom. The van der Waals surface area contributed by atoms with Crippen LogP contribution in [0.25, 0.3) is 0 Å². The quantitative estimate of drug-likeness (QED) is 0.844. The maximum Gasteiger partial charge on any atom is 0.255 e. The molecule has 1 aromatic heterocycles. The van der Waals surface area contributed by atoms with Crippen molar-refractivity contribution in [3.05, 3.63) is 40.6 Å². The van der Waals surface area contributed by atoms with Gasteiger partial charge in [0.05, 0.1) is 5.69 Å². The highest BCUT2D eigenvalue weighted by atomic mass is 35.5. The van der Waals surface area contributed by atoms with Gasteiger partial charge in [0.2, 0.25) is 11.2 Å². The lowest BCUT2D eigenvalue weighted by atomic mass is 10.2. The van der Waals surface area contributed by atoms with Gasteiger partial charge in [0.1, 0.15) is 22.8 Å². The lowest BCUT2D eigenvalue weighted by Crippen LogP contribution is -2.15. The largest absolute Gasteiger partial charge is 0.436 e. The molecule has 20 heavy (non-hydrogen) atoms. The molecule has 0 atom stereocenters. The molecule has 8 heteroatoms. The summed E-state index contributed by atoms with van der Waals surface area (Å²) < 4.78 is 18.9. The summed E-state index contributed by atoms with van der Waals surface area (Å²) in [6.07, 6.45) is 0. The third-order valence-electron chi connectivity index (χ3n) is 2.50. The van der Waals surface area contributed by atoms with Gasteiger partial charge in [-0.25, -0.2) is 9.37 Å². The number of halogens is 2. The van der Waals surface area contributed by atoms with Gasteiger partial charge in [-0.15, -0.1) is 0 Å². The molecule has 0 fully saturated rings. The number of hydrogen-bond acceptors (Lipinski definition) is 5. The molecule has 0 saturated carbocycles. The predicted octanol–water partition coefficient (Wildman–Crippen LogP) is 2.05. The molecule has 2 aromatic rings. The predicted molar refractivity (Wildman–Crippen MR) is 71.2 cm³/mol. The summed E-state index contributed by atoms with van der Waals surface area (Å²) in [6.45, 7) is 1.61. The standard InChI is InChI=1S/C12H10ClFN4O2/c1-5-9(15)11(18-12(13)17-5)20-7-4-2-3-6(14)8(7)10(16)19/h2-4H,15H2,1H3,(H2,16,19). The molecule has 1 amide bonds. The molecule has 1 heterocycles. The zero-order valence-corrected chi connectivity index (χ0v) is 11.1. The van der Waals surface area contributed by atoms with Gasteiger partial charge in [0, 0.05) is 0 Å². The lowest BCUT2D eigenvalue weighted by molar-refractivity contribution is 0.0994. The maximum atomic E-state index is 13.6. The van der Waals surface area contributed by atoms with Gasteiger partial charge in [-0.3, -0.25) is 4.79 Å². The molecular formula is C12H10ClFN4O2. The normalized spacial score (nSPS) is 10.3. The van der Waals surface area contributed by atoms with Gasteiger partial charge in [-0.2, -0.15) is 4.98 Å². The molecule has 4 N–H and O–H groups in total. The Kier molecular flexibility index (Phi) is 3.71. The highest BCUT2D eigenvalue weighted by molar-refractivity contribution is 6.28. The summed E-state index contributed by atoms with van der Waals surface area (Å²) in [7, 11) is 0. The first kappa shape index (κ1) is 14.0. The van der Waals surface area contributed by atoms with Gasteiger partial charge < -0.3 is 16.2 Å². The van der Waals surface area contributed by atoms with Gasteiger partial charge in [0.15, 0.2) is 0 Å². The van der Waals surface area contributed by atoms with Crippen molar-refractivity contribution in [1.82, 2.24) is 9.97 Å². The highest BCUT2D eigenvalue weighted by Crippen LogP contribution is 2.31. The SMILES string of the molecule is Cc1nc(Cl)nc(Oc2cccc(F)c2C(N)=O)c1N. The summed E-state index contributed by atoms with van der Waals surface area (Å²) in [5.74, 6) is -1.94. The fourth-order valence-corrected chi connectivity index (χ4v) is 1.74. The maximum absolute atomic E-state index is 13.6. The van der Waals surface area contributed by atoms with Crippen molar-refractivity contribution in [1.29, 1.82) is 0 Å². The Labute approximate surface area is 118 Å². The van der Waals surface area contributed by atoms with Crippen molar-refractivity contribution < 1.29 is 13.9 Å². The van der Waals surface area contributed by atoms with Crippen LogP contribution >= 0.6 is 11.6 Å². The van der Waals surface area contributed by atoms with Crippen LogP contribution in [0.2, 0.25) is 5.28 Å². The van der Waals surface area contributed by atoms with E-state index in [9.17, 15) is 9.18 Å². The number of primary amides is 1. The molecule has 0 aliphatic heterocycles. The minimum Gasteiger partial charge on any atom is -0.436 e. The smallest absolute Gasteiger partial charge is 0.255 e. The minimum atomic E-state index is -0.964. The molecule has 0 bridgehead atoms. The number of anilines is 1. The number of ether oxygens (including phenoxy) is 1. The van der Waals surface area contributed by atoms with Gasteiger partial charge in [-0.05, 0) is 30.7 Å². The van der Waals surface area contributed by atoms with Crippen LogP contribution < -0.4 is 16.2 Å². The number of aromatic nitrogens is 2. The first-order valence-corrected chi connectivity index (χ1v) is 5.83. The van der Waals surface area contributed by atoms with E-state index >= 15 is 0 Å². The highest BCUT2D eigenvalue weighted by Gasteiger charge is 2.18. The van der Waals surface area contributed by atoms with Gasteiger partial charge in [0.25, 0.3) is 5.91 Å². The van der Waals surface area contributed by atoms with E-state index in [0.29, 0.717) is 5.69 Å². The Balaban J connectivity index is 2.51. The second kappa shape index (κ2) is 5.30. The number of carbonyl (C=O) groups is 1. The van der Waals surface area contributed by atoms with Crippen molar-refractivity contribution in [2.75, 3.05) is 5.73 Å². The molecule has 0 radical (unpaired) electrons. The molecule has 2 rings (SSSR count). The molecule has 0 unspecified atom stereocenters. The van der Waals surface area contributed by atoms with Crippen molar-refractivity contribution >= 4 is 23.2 Å². The van der Waals surface area contributed by atoms with Crippen LogP contribution in [0.5, 0.6) is 11.6 Å². The third-order valence-corrected chi connectivity index (χ3v) is 2.67. The van der Waals surface area contributed by atoms with E-state index in [-0.39, 0.29) is 28.2 Å². The van der Waals surface area contributed by atoms with E-state index < -0.39 is 11.7 Å². The molecule has 0 saturated heterocycles. The van der Waals surface area contributed by atoms with E-state index in [1.807, 2.05) is 0 Å². The summed E-state index contributed by atoms with van der Waals surface area (Å²) >= 11 is 5.70. The Bertz CT molecular complexity index is 693. The van der Waals surface area contributed by atoms with Crippen molar-refractivity contribution in [3.8, 4) is 11.6 Å². The topological polar surface area (TPSA) is 104 Å². The van der Waals surface area contributed by atoms with E-state index in [4.69, 9.17) is 27.8 Å². The van der Waals surface area contributed by atoms with E-state index in [0.717, 1.165) is 6.07 Å². The third kappa shape index (κ3) is 2.62. The molecular weight excluding hydrogens is 287 g/mol. The Hall–Kier alpha value is -2.41. The number of nitrogens with two attached hydrogens (primary N) is 2. The summed E-state index contributed by atoms with van der Waals surface area (Å²) in [5, 5.41) is -0.0799. The first-order valence-electron chi connectivity index (χ1n) is 5.46. The summed E-state index contributed by atoms with van der Waals surface area (Å²) in [5.41, 5.74) is 11.0. The van der Waals surface area contributed by atoms with Crippen molar-refractivity contribution in [2.24, 2.45) is 5.73 Å². The van der Waals surface area contributed by atoms with Crippen LogP contribution in [-0.2, 0) is 0 Å². The molecule has 0 spiro atoms. The molecule has 104 valence electrons. The molecule has 6 nitrogen and oxygen atoms in total.